The van der Waals surface area contributed by atoms with Gasteiger partial charge < -0.3 is 14.8 Å². The van der Waals surface area contributed by atoms with E-state index in [1.54, 1.807) is 18.2 Å². The largest absolute Gasteiger partial charge is 0.508 e. The summed E-state index contributed by atoms with van der Waals surface area (Å²) >= 11 is 0. The van der Waals surface area contributed by atoms with Crippen molar-refractivity contribution in [3.8, 4) is 5.75 Å². The lowest BCUT2D eigenvalue weighted by Crippen LogP contribution is -2.28. The molecule has 0 amide bonds. The topological polar surface area (TPSA) is 101 Å². The van der Waals surface area contributed by atoms with Gasteiger partial charge >= 0.3 is 7.12 Å². The molecule has 0 spiro atoms. The van der Waals surface area contributed by atoms with Crippen LogP contribution in [-0.2, 0) is 38.1 Å². The zero-order valence-corrected chi connectivity index (χ0v) is 17.2. The number of aromatic hydroxyl groups is 1. The molecular weight excluding hydrogens is 391 g/mol. The average Bonchev–Trinajstić information content (AvgIpc) is 3.02. The second kappa shape index (κ2) is 9.11. The van der Waals surface area contributed by atoms with Crippen molar-refractivity contribution < 1.29 is 28.0 Å². The van der Waals surface area contributed by atoms with Gasteiger partial charge in [-0.15, -0.1) is 0 Å². The van der Waals surface area contributed by atoms with E-state index in [9.17, 15) is 23.3 Å². The molecule has 1 heterocycles. The molecule has 0 saturated heterocycles. The molecule has 2 aromatic rings. The fourth-order valence-electron chi connectivity index (χ4n) is 3.53. The number of sulfone groups is 1. The Bertz CT molecular complexity index is 1000. The van der Waals surface area contributed by atoms with Crippen LogP contribution in [-0.4, -0.2) is 31.4 Å². The quantitative estimate of drug-likeness (QED) is 0.481. The fraction of sp³-hybridized carbons (Fsp3) is 0.381. The maximum atomic E-state index is 13.1. The summed E-state index contributed by atoms with van der Waals surface area (Å²) in [5, 5.41) is 19.7. The lowest BCUT2D eigenvalue weighted by Gasteiger charge is -2.12. The first-order chi connectivity index (χ1) is 13.8. The van der Waals surface area contributed by atoms with Crippen LogP contribution in [0.2, 0.25) is 0 Å². The van der Waals surface area contributed by atoms with Crippen molar-refractivity contribution in [3.63, 3.8) is 0 Å². The summed E-state index contributed by atoms with van der Waals surface area (Å²) in [5.74, 6) is -0.383. The summed E-state index contributed by atoms with van der Waals surface area (Å²) in [6.07, 6.45) is 3.09. The van der Waals surface area contributed by atoms with Gasteiger partial charge in [-0.05, 0) is 46.8 Å². The molecule has 3 rings (SSSR count). The maximum Gasteiger partial charge on any atom is 0.491 e. The van der Waals surface area contributed by atoms with Crippen molar-refractivity contribution in [3.05, 3.63) is 53.1 Å². The molecular formula is C21H25BO6S. The Balaban J connectivity index is 1.83. The highest BCUT2D eigenvalue weighted by atomic mass is 32.2. The third-order valence-corrected chi connectivity index (χ3v) is 6.84. The summed E-state index contributed by atoms with van der Waals surface area (Å²) in [6.45, 7) is 2.35. The van der Waals surface area contributed by atoms with E-state index in [1.165, 1.54) is 18.2 Å². The van der Waals surface area contributed by atoms with Gasteiger partial charge in [-0.3, -0.25) is 4.79 Å². The van der Waals surface area contributed by atoms with Crippen LogP contribution in [0, 0.1) is 0 Å². The molecule has 6 nitrogen and oxygen atoms in total. The predicted octanol–water partition coefficient (Wildman–Crippen LogP) is 2.28. The van der Waals surface area contributed by atoms with E-state index in [0.29, 0.717) is 29.6 Å². The molecule has 1 aliphatic rings. The lowest BCUT2D eigenvalue weighted by molar-refractivity contribution is -0.118. The Morgan fingerprint density at radius 2 is 1.97 bits per heavy atom. The van der Waals surface area contributed by atoms with Gasteiger partial charge in [-0.25, -0.2) is 8.42 Å². The Labute approximate surface area is 171 Å². The van der Waals surface area contributed by atoms with Gasteiger partial charge in [0.2, 0.25) is 0 Å². The predicted molar refractivity (Wildman–Crippen MR) is 111 cm³/mol. The molecule has 0 aromatic heterocycles. The van der Waals surface area contributed by atoms with E-state index < -0.39 is 17.0 Å². The summed E-state index contributed by atoms with van der Waals surface area (Å²) in [4.78, 5) is 12.3. The monoisotopic (exact) mass is 416 g/mol. The summed E-state index contributed by atoms with van der Waals surface area (Å²) in [6, 6.07) is 9.12. The Kier molecular flexibility index (Phi) is 6.77. The molecule has 1 aliphatic heterocycles. The molecule has 2 N–H and O–H groups in total. The van der Waals surface area contributed by atoms with Gasteiger partial charge in [-0.2, -0.15) is 0 Å². The van der Waals surface area contributed by atoms with Crippen LogP contribution in [0.25, 0.3) is 0 Å². The molecule has 0 bridgehead atoms. The Morgan fingerprint density at radius 3 is 2.72 bits per heavy atom. The van der Waals surface area contributed by atoms with Crippen LogP contribution in [0.3, 0.4) is 0 Å². The van der Waals surface area contributed by atoms with Gasteiger partial charge in [0.15, 0.2) is 9.84 Å². The number of Topliss-reactive ketones (excluding diaryl/α,β-unsaturated/α-hetero) is 1. The highest BCUT2D eigenvalue weighted by molar-refractivity contribution is 7.90. The number of ketones is 1. The molecule has 0 aliphatic carbocycles. The van der Waals surface area contributed by atoms with E-state index >= 15 is 0 Å². The number of phenols is 1. The van der Waals surface area contributed by atoms with Gasteiger partial charge in [0.05, 0.1) is 17.3 Å². The van der Waals surface area contributed by atoms with Crippen LogP contribution in [0.5, 0.6) is 5.75 Å². The number of unbranched alkanes of at least 4 members (excludes halogenated alkanes) is 2. The third-order valence-electron chi connectivity index (χ3n) is 5.06. The standard InChI is InChI=1S/C21H25BO6S/c1-2-3-4-5-18(23)11-17-12-19(24)8-9-21(17)29(26,27)14-15-6-7-16-13-28-22(25)20(16)10-15/h6-10,12,24-25H,2-5,11,13-14H2,1H3. The van der Waals surface area contributed by atoms with Crippen LogP contribution in [0.4, 0.5) is 0 Å². The Morgan fingerprint density at radius 1 is 1.17 bits per heavy atom. The van der Waals surface area contributed by atoms with Crippen LogP contribution in [0.15, 0.2) is 41.3 Å². The van der Waals surface area contributed by atoms with E-state index in [1.807, 2.05) is 0 Å². The third kappa shape index (κ3) is 5.26. The number of benzene rings is 2. The molecule has 29 heavy (non-hydrogen) atoms. The van der Waals surface area contributed by atoms with E-state index in [-0.39, 0.29) is 28.6 Å². The zero-order chi connectivity index (χ0) is 21.0. The molecule has 0 unspecified atom stereocenters. The minimum absolute atomic E-state index is 0.0244. The van der Waals surface area contributed by atoms with Gasteiger partial charge in [-0.1, -0.05) is 38.0 Å². The van der Waals surface area contributed by atoms with Crippen LogP contribution >= 0.6 is 0 Å². The number of phenolic OH excluding ortho intramolecular Hbond substituents is 1. The van der Waals surface area contributed by atoms with Crippen LogP contribution < -0.4 is 5.46 Å². The molecule has 2 aromatic carbocycles. The SMILES string of the molecule is CCCCCC(=O)Cc1cc(O)ccc1S(=O)(=O)Cc1ccc2c(c1)B(O)OC2. The van der Waals surface area contributed by atoms with Crippen molar-refractivity contribution in [1.82, 2.24) is 0 Å². The minimum Gasteiger partial charge on any atom is -0.508 e. The van der Waals surface area contributed by atoms with Crippen molar-refractivity contribution in [2.24, 2.45) is 0 Å². The second-order valence-electron chi connectivity index (χ2n) is 7.42. The smallest absolute Gasteiger partial charge is 0.491 e. The van der Waals surface area contributed by atoms with E-state index in [0.717, 1.165) is 24.8 Å². The van der Waals surface area contributed by atoms with Crippen molar-refractivity contribution in [2.45, 2.75) is 56.3 Å². The molecule has 0 fully saturated rings. The average molecular weight is 416 g/mol. The molecule has 8 heteroatoms. The first-order valence-corrected chi connectivity index (χ1v) is 11.4. The van der Waals surface area contributed by atoms with Crippen molar-refractivity contribution in [1.29, 1.82) is 0 Å². The van der Waals surface area contributed by atoms with E-state index in [4.69, 9.17) is 4.65 Å². The first-order valence-electron chi connectivity index (χ1n) is 9.78. The summed E-state index contributed by atoms with van der Waals surface area (Å²) in [7, 11) is -4.80. The number of hydrogen-bond donors (Lipinski definition) is 2. The molecule has 0 radical (unpaired) electrons. The Hall–Kier alpha value is -2.16. The number of carbonyl (C=O) groups excluding carboxylic acids is 1. The maximum absolute atomic E-state index is 13.1. The number of rotatable bonds is 9. The number of fused-ring (bicyclic) bond motifs is 1. The van der Waals surface area contributed by atoms with Gasteiger partial charge in [0.25, 0.3) is 0 Å². The summed E-state index contributed by atoms with van der Waals surface area (Å²) in [5.41, 5.74) is 2.26. The fourth-order valence-corrected chi connectivity index (χ4v) is 5.11. The zero-order valence-electron chi connectivity index (χ0n) is 16.4. The number of carbonyl (C=O) groups is 1. The van der Waals surface area contributed by atoms with Gasteiger partial charge in [0.1, 0.15) is 11.5 Å². The lowest BCUT2D eigenvalue weighted by atomic mass is 9.79. The highest BCUT2D eigenvalue weighted by Crippen LogP contribution is 2.26. The molecule has 154 valence electrons. The van der Waals surface area contributed by atoms with Crippen molar-refractivity contribution in [2.75, 3.05) is 0 Å². The summed E-state index contributed by atoms with van der Waals surface area (Å²) < 4.78 is 31.3. The highest BCUT2D eigenvalue weighted by Gasteiger charge is 2.28. The second-order valence-corrected chi connectivity index (χ2v) is 9.38. The van der Waals surface area contributed by atoms with Crippen molar-refractivity contribution >= 4 is 28.2 Å². The van der Waals surface area contributed by atoms with Gasteiger partial charge in [0, 0.05) is 12.8 Å². The van der Waals surface area contributed by atoms with E-state index in [2.05, 4.69) is 6.92 Å². The first kappa shape index (κ1) is 21.6. The number of hydrogen-bond acceptors (Lipinski definition) is 6. The minimum atomic E-state index is -3.75. The molecule has 0 atom stereocenters. The van der Waals surface area contributed by atoms with Crippen LogP contribution in [0.1, 0.15) is 49.3 Å². The normalized spacial score (nSPS) is 13.5. The molecule has 0 saturated carbocycles.